The summed E-state index contributed by atoms with van der Waals surface area (Å²) in [6.45, 7) is 8.72. The largest absolute Gasteiger partial charge is 0.464 e. The summed E-state index contributed by atoms with van der Waals surface area (Å²) in [5, 5.41) is 2.54. The van der Waals surface area contributed by atoms with Gasteiger partial charge in [0.15, 0.2) is 0 Å². The molecule has 6 rings (SSSR count). The van der Waals surface area contributed by atoms with Crippen LogP contribution in [0.2, 0.25) is 5.31 Å². The molecule has 4 saturated carbocycles. The summed E-state index contributed by atoms with van der Waals surface area (Å²) in [5.41, 5.74) is 0.0769. The first-order valence-corrected chi connectivity index (χ1v) is 9.58. The third-order valence-corrected chi connectivity index (χ3v) is 8.42. The first-order valence-electron chi connectivity index (χ1n) is 8.70. The number of hydrogen-bond donors (Lipinski definition) is 0. The van der Waals surface area contributed by atoms with Crippen LogP contribution in [0.15, 0.2) is 17.5 Å². The molecule has 4 aliphatic carbocycles. The monoisotopic (exact) mass is 316 g/mol. The van der Waals surface area contributed by atoms with Gasteiger partial charge < -0.3 is 9.31 Å². The van der Waals surface area contributed by atoms with Crippen molar-refractivity contribution in [2.45, 2.75) is 75.3 Å². The SMILES string of the molecule is CC1(C)OB(C23CC(c4cccs4)(C2)C3C2CC2)OC1(C)C. The number of hydrogen-bond acceptors (Lipinski definition) is 3. The highest BCUT2D eigenvalue weighted by molar-refractivity contribution is 7.10. The molecule has 1 aliphatic heterocycles. The fourth-order valence-corrected chi connectivity index (χ4v) is 6.45. The molecule has 0 radical (unpaired) electrons. The molecule has 2 heterocycles. The van der Waals surface area contributed by atoms with Crippen LogP contribution in [0.1, 0.15) is 58.3 Å². The summed E-state index contributed by atoms with van der Waals surface area (Å²) in [6, 6.07) is 4.57. The van der Waals surface area contributed by atoms with Crippen molar-refractivity contribution in [1.82, 2.24) is 0 Å². The van der Waals surface area contributed by atoms with Crippen molar-refractivity contribution in [2.24, 2.45) is 11.8 Å². The van der Waals surface area contributed by atoms with Crippen LogP contribution in [-0.2, 0) is 14.7 Å². The van der Waals surface area contributed by atoms with Crippen LogP contribution in [0.4, 0.5) is 0 Å². The molecule has 22 heavy (non-hydrogen) atoms. The zero-order chi connectivity index (χ0) is 15.4. The summed E-state index contributed by atoms with van der Waals surface area (Å²) in [6.07, 6.45) is 5.38. The van der Waals surface area contributed by atoms with Crippen LogP contribution in [0, 0.1) is 11.8 Å². The van der Waals surface area contributed by atoms with Crippen molar-refractivity contribution in [3.05, 3.63) is 22.4 Å². The molecule has 0 spiro atoms. The summed E-state index contributed by atoms with van der Waals surface area (Å²) >= 11 is 1.95. The van der Waals surface area contributed by atoms with Gasteiger partial charge in [-0.1, -0.05) is 6.07 Å². The second-order valence-corrected chi connectivity index (χ2v) is 10.1. The Hall–Kier alpha value is -0.315. The van der Waals surface area contributed by atoms with Crippen LogP contribution in [0.5, 0.6) is 0 Å². The van der Waals surface area contributed by atoms with E-state index < -0.39 is 0 Å². The molecule has 4 heteroatoms. The molecule has 1 aromatic rings. The molecule has 2 nitrogen and oxygen atoms in total. The van der Waals surface area contributed by atoms with Gasteiger partial charge in [0.2, 0.25) is 0 Å². The molecule has 1 unspecified atom stereocenters. The minimum Gasteiger partial charge on any atom is -0.403 e. The van der Waals surface area contributed by atoms with E-state index in [1.165, 1.54) is 25.7 Å². The van der Waals surface area contributed by atoms with E-state index in [1.807, 2.05) is 11.3 Å². The van der Waals surface area contributed by atoms with Crippen molar-refractivity contribution in [2.75, 3.05) is 0 Å². The fraction of sp³-hybridized carbons (Fsp3) is 0.778. The Morgan fingerprint density at radius 3 is 2.23 bits per heavy atom. The first-order chi connectivity index (χ1) is 10.3. The topological polar surface area (TPSA) is 18.5 Å². The van der Waals surface area contributed by atoms with Gasteiger partial charge in [-0.15, -0.1) is 11.3 Å². The van der Waals surface area contributed by atoms with E-state index in [1.54, 1.807) is 4.88 Å². The highest BCUT2D eigenvalue weighted by atomic mass is 32.1. The van der Waals surface area contributed by atoms with Gasteiger partial charge in [-0.05, 0) is 76.7 Å². The van der Waals surface area contributed by atoms with E-state index in [0.29, 0.717) is 10.7 Å². The molecular formula is C18H25BO2S. The Morgan fingerprint density at radius 1 is 1.09 bits per heavy atom. The fourth-order valence-electron chi connectivity index (χ4n) is 5.48. The van der Waals surface area contributed by atoms with E-state index in [-0.39, 0.29) is 18.3 Å². The molecule has 118 valence electrons. The lowest BCUT2D eigenvalue weighted by molar-refractivity contribution is -0.133. The zero-order valence-electron chi connectivity index (χ0n) is 14.0. The Kier molecular flexibility index (Phi) is 2.46. The molecule has 2 bridgehead atoms. The molecule has 1 atom stereocenters. The van der Waals surface area contributed by atoms with Crippen LogP contribution < -0.4 is 0 Å². The van der Waals surface area contributed by atoms with E-state index in [4.69, 9.17) is 9.31 Å². The lowest BCUT2D eigenvalue weighted by Gasteiger charge is -2.77. The van der Waals surface area contributed by atoms with Crippen molar-refractivity contribution in [3.63, 3.8) is 0 Å². The number of thiophene rings is 1. The van der Waals surface area contributed by atoms with Gasteiger partial charge in [0.1, 0.15) is 0 Å². The van der Waals surface area contributed by atoms with Crippen molar-refractivity contribution < 1.29 is 9.31 Å². The average molecular weight is 316 g/mol. The maximum Gasteiger partial charge on any atom is 0.464 e. The normalized spacial score (nSPS) is 44.5. The standard InChI is InChI=1S/C18H25BO2S/c1-15(2)16(3,4)21-19(20-15)18-10-17(11-18,13-6-5-9-22-13)14(18)12-7-8-12/h5-6,9,12,14H,7-8,10-11H2,1-4H3. The maximum atomic E-state index is 6.46. The average Bonchev–Trinajstić information content (AvgIpc) is 2.92. The molecule has 5 aliphatic rings. The maximum absolute atomic E-state index is 6.46. The quantitative estimate of drug-likeness (QED) is 0.756. The molecule has 0 N–H and O–H groups in total. The number of rotatable bonds is 3. The molecular weight excluding hydrogens is 291 g/mol. The van der Waals surface area contributed by atoms with Gasteiger partial charge in [0.25, 0.3) is 0 Å². The minimum atomic E-state index is -0.197. The van der Waals surface area contributed by atoms with Crippen molar-refractivity contribution in [1.29, 1.82) is 0 Å². The van der Waals surface area contributed by atoms with E-state index in [0.717, 1.165) is 11.8 Å². The Bertz CT molecular complexity index is 595. The lowest BCUT2D eigenvalue weighted by atomic mass is 9.18. The van der Waals surface area contributed by atoms with Gasteiger partial charge in [0.05, 0.1) is 11.2 Å². The zero-order valence-corrected chi connectivity index (χ0v) is 14.8. The van der Waals surface area contributed by atoms with Crippen LogP contribution >= 0.6 is 11.3 Å². The Morgan fingerprint density at radius 2 is 1.73 bits per heavy atom. The van der Waals surface area contributed by atoms with Gasteiger partial charge in [-0.25, -0.2) is 0 Å². The molecule has 0 aromatic carbocycles. The Balaban J connectivity index is 1.46. The first kappa shape index (κ1) is 14.1. The smallest absolute Gasteiger partial charge is 0.403 e. The molecule has 0 amide bonds. The second kappa shape index (κ2) is 3.84. The van der Waals surface area contributed by atoms with Crippen LogP contribution in [0.3, 0.4) is 0 Å². The predicted molar refractivity (Wildman–Crippen MR) is 90.2 cm³/mol. The van der Waals surface area contributed by atoms with Crippen molar-refractivity contribution >= 4 is 18.5 Å². The predicted octanol–water partition coefficient (Wildman–Crippen LogP) is 4.65. The molecule has 1 saturated heterocycles. The summed E-state index contributed by atoms with van der Waals surface area (Å²) in [5.74, 6) is 1.72. The Labute approximate surface area is 137 Å². The minimum absolute atomic E-state index is 0.00457. The van der Waals surface area contributed by atoms with Gasteiger partial charge in [0, 0.05) is 15.6 Å². The molecule has 5 fully saturated rings. The second-order valence-electron chi connectivity index (χ2n) is 9.12. The van der Waals surface area contributed by atoms with Gasteiger partial charge in [-0.3, -0.25) is 0 Å². The highest BCUT2D eigenvalue weighted by Crippen LogP contribution is 2.87. The third-order valence-electron chi connectivity index (χ3n) is 7.33. The van der Waals surface area contributed by atoms with E-state index >= 15 is 0 Å². The third kappa shape index (κ3) is 1.46. The molecule has 1 aromatic heterocycles. The summed E-state index contributed by atoms with van der Waals surface area (Å²) < 4.78 is 12.9. The summed E-state index contributed by atoms with van der Waals surface area (Å²) in [7, 11) is 0.00457. The van der Waals surface area contributed by atoms with E-state index in [2.05, 4.69) is 45.2 Å². The highest BCUT2D eigenvalue weighted by Gasteiger charge is 2.84. The summed E-state index contributed by atoms with van der Waals surface area (Å²) in [4.78, 5) is 1.61. The van der Waals surface area contributed by atoms with Crippen LogP contribution in [0.25, 0.3) is 0 Å². The van der Waals surface area contributed by atoms with Gasteiger partial charge >= 0.3 is 7.12 Å². The van der Waals surface area contributed by atoms with Crippen molar-refractivity contribution in [3.8, 4) is 0 Å². The van der Waals surface area contributed by atoms with Crippen LogP contribution in [-0.4, -0.2) is 18.3 Å². The van der Waals surface area contributed by atoms with E-state index in [9.17, 15) is 0 Å². The lowest BCUT2D eigenvalue weighted by Crippen LogP contribution is -2.74. The van der Waals surface area contributed by atoms with Gasteiger partial charge in [-0.2, -0.15) is 0 Å².